The fourth-order valence-corrected chi connectivity index (χ4v) is 2.87. The third-order valence-electron chi connectivity index (χ3n) is 4.36. The molecule has 0 spiro atoms. The molecule has 2 aromatic rings. The minimum Gasteiger partial charge on any atom is -0.350 e. The van der Waals surface area contributed by atoms with E-state index in [1.807, 2.05) is 0 Å². The first-order valence-corrected chi connectivity index (χ1v) is 8.73. The molecule has 3 amide bonds. The first-order valence-electron chi connectivity index (χ1n) is 8.73. The number of halogens is 1. The van der Waals surface area contributed by atoms with Gasteiger partial charge in [-0.05, 0) is 36.8 Å². The zero-order valence-corrected chi connectivity index (χ0v) is 14.7. The van der Waals surface area contributed by atoms with Crippen LogP contribution in [0, 0.1) is 5.82 Å². The molecule has 1 aliphatic heterocycles. The second-order valence-electron chi connectivity index (χ2n) is 6.25. The maximum Gasteiger partial charge on any atom is 0.251 e. The van der Waals surface area contributed by atoms with Gasteiger partial charge >= 0.3 is 0 Å². The average Bonchev–Trinajstić information content (AvgIpc) is 3.11. The van der Waals surface area contributed by atoms with E-state index in [1.165, 1.54) is 6.07 Å². The Hall–Kier alpha value is -3.22. The van der Waals surface area contributed by atoms with Gasteiger partial charge in [-0.15, -0.1) is 0 Å². The molecule has 2 aromatic carbocycles. The van der Waals surface area contributed by atoms with Crippen molar-refractivity contribution in [3.63, 3.8) is 0 Å². The molecule has 0 radical (unpaired) electrons. The molecule has 1 aliphatic rings. The molecule has 6 nitrogen and oxygen atoms in total. The number of hydrogen-bond donors (Lipinski definition) is 2. The number of nitrogens with zero attached hydrogens (tertiary/aromatic N) is 1. The number of anilines is 1. The lowest BCUT2D eigenvalue weighted by Crippen LogP contribution is -2.36. The summed E-state index contributed by atoms with van der Waals surface area (Å²) in [4.78, 5) is 37.4. The first-order chi connectivity index (χ1) is 13.0. The van der Waals surface area contributed by atoms with E-state index in [4.69, 9.17) is 0 Å². The van der Waals surface area contributed by atoms with Gasteiger partial charge < -0.3 is 15.5 Å². The SMILES string of the molecule is O=C(CNC(=O)c1ccc(N2CCCC2=O)cc1)NCc1ccccc1F. The average molecular weight is 369 g/mol. The van der Waals surface area contributed by atoms with Crippen LogP contribution in [0.15, 0.2) is 48.5 Å². The second-order valence-corrected chi connectivity index (χ2v) is 6.25. The summed E-state index contributed by atoms with van der Waals surface area (Å²) in [6.45, 7) is 0.534. The molecule has 1 fully saturated rings. The van der Waals surface area contributed by atoms with Crippen molar-refractivity contribution in [3.05, 3.63) is 65.5 Å². The van der Waals surface area contributed by atoms with Crippen LogP contribution in [0.4, 0.5) is 10.1 Å². The molecule has 3 rings (SSSR count). The highest BCUT2D eigenvalue weighted by Gasteiger charge is 2.21. The zero-order valence-electron chi connectivity index (χ0n) is 14.7. The molecule has 0 unspecified atom stereocenters. The Balaban J connectivity index is 1.48. The van der Waals surface area contributed by atoms with E-state index in [1.54, 1.807) is 47.4 Å². The second kappa shape index (κ2) is 8.44. The Morgan fingerprint density at radius 1 is 1.04 bits per heavy atom. The van der Waals surface area contributed by atoms with Crippen LogP contribution in [0.2, 0.25) is 0 Å². The predicted molar refractivity (Wildman–Crippen MR) is 98.6 cm³/mol. The van der Waals surface area contributed by atoms with Gasteiger partial charge in [0.15, 0.2) is 0 Å². The van der Waals surface area contributed by atoms with Gasteiger partial charge in [-0.2, -0.15) is 0 Å². The van der Waals surface area contributed by atoms with Gasteiger partial charge in [0.05, 0.1) is 6.54 Å². The highest BCUT2D eigenvalue weighted by molar-refractivity contribution is 5.98. The summed E-state index contributed by atoms with van der Waals surface area (Å²) in [5, 5.41) is 5.08. The molecule has 0 aliphatic carbocycles. The predicted octanol–water partition coefficient (Wildman–Crippen LogP) is 2.00. The van der Waals surface area contributed by atoms with Gasteiger partial charge in [0.1, 0.15) is 5.82 Å². The summed E-state index contributed by atoms with van der Waals surface area (Å²) in [5.74, 6) is -1.11. The van der Waals surface area contributed by atoms with E-state index in [-0.39, 0.29) is 19.0 Å². The number of carbonyl (C=O) groups is 3. The highest BCUT2D eigenvalue weighted by Crippen LogP contribution is 2.21. The molecule has 0 aromatic heterocycles. The van der Waals surface area contributed by atoms with E-state index < -0.39 is 17.6 Å². The van der Waals surface area contributed by atoms with Crippen LogP contribution in [0.1, 0.15) is 28.8 Å². The third-order valence-corrected chi connectivity index (χ3v) is 4.36. The third kappa shape index (κ3) is 4.69. The van der Waals surface area contributed by atoms with E-state index in [0.717, 1.165) is 12.1 Å². The monoisotopic (exact) mass is 369 g/mol. The number of benzene rings is 2. The molecule has 1 heterocycles. The van der Waals surface area contributed by atoms with Crippen molar-refractivity contribution in [1.29, 1.82) is 0 Å². The number of nitrogens with one attached hydrogen (secondary N) is 2. The number of hydrogen-bond acceptors (Lipinski definition) is 3. The van der Waals surface area contributed by atoms with Gasteiger partial charge in [-0.3, -0.25) is 14.4 Å². The Kier molecular flexibility index (Phi) is 5.80. The zero-order chi connectivity index (χ0) is 19.2. The molecule has 27 heavy (non-hydrogen) atoms. The lowest BCUT2D eigenvalue weighted by molar-refractivity contribution is -0.120. The van der Waals surface area contributed by atoms with E-state index in [0.29, 0.717) is 24.1 Å². The van der Waals surface area contributed by atoms with Crippen molar-refractivity contribution in [3.8, 4) is 0 Å². The summed E-state index contributed by atoms with van der Waals surface area (Å²) in [6, 6.07) is 12.8. The van der Waals surface area contributed by atoms with Crippen LogP contribution < -0.4 is 15.5 Å². The summed E-state index contributed by atoms with van der Waals surface area (Å²) >= 11 is 0. The topological polar surface area (TPSA) is 78.5 Å². The van der Waals surface area contributed by atoms with Crippen molar-refractivity contribution in [1.82, 2.24) is 10.6 Å². The first kappa shape index (κ1) is 18.6. The van der Waals surface area contributed by atoms with Gasteiger partial charge in [0.25, 0.3) is 5.91 Å². The summed E-state index contributed by atoms with van der Waals surface area (Å²) < 4.78 is 13.5. The Morgan fingerprint density at radius 3 is 2.44 bits per heavy atom. The van der Waals surface area contributed by atoms with E-state index in [9.17, 15) is 18.8 Å². The highest BCUT2D eigenvalue weighted by atomic mass is 19.1. The molecule has 140 valence electrons. The Morgan fingerprint density at radius 2 is 1.78 bits per heavy atom. The molecule has 0 bridgehead atoms. The summed E-state index contributed by atoms with van der Waals surface area (Å²) in [7, 11) is 0. The lowest BCUT2D eigenvalue weighted by atomic mass is 10.2. The Labute approximate surface area is 156 Å². The molecule has 1 saturated heterocycles. The molecule has 7 heteroatoms. The molecule has 0 atom stereocenters. The fourth-order valence-electron chi connectivity index (χ4n) is 2.87. The van der Waals surface area contributed by atoms with Gasteiger partial charge in [0, 0.05) is 36.3 Å². The van der Waals surface area contributed by atoms with Crippen molar-refractivity contribution >= 4 is 23.4 Å². The van der Waals surface area contributed by atoms with Crippen molar-refractivity contribution in [2.24, 2.45) is 0 Å². The summed E-state index contributed by atoms with van der Waals surface area (Å²) in [5.41, 5.74) is 1.54. The maximum atomic E-state index is 13.5. The van der Waals surface area contributed by atoms with Crippen molar-refractivity contribution in [2.45, 2.75) is 19.4 Å². The van der Waals surface area contributed by atoms with E-state index in [2.05, 4.69) is 10.6 Å². The number of carbonyl (C=O) groups excluding carboxylic acids is 3. The lowest BCUT2D eigenvalue weighted by Gasteiger charge is -2.15. The van der Waals surface area contributed by atoms with Crippen molar-refractivity contribution < 1.29 is 18.8 Å². The number of amides is 3. The molecule has 0 saturated carbocycles. The standard InChI is InChI=1S/C20H20FN3O3/c21-17-5-2-1-4-15(17)12-22-18(25)13-23-20(27)14-7-9-16(10-8-14)24-11-3-6-19(24)26/h1-2,4-5,7-10H,3,6,11-13H2,(H,22,25)(H,23,27). The van der Waals surface area contributed by atoms with Gasteiger partial charge in [0.2, 0.25) is 11.8 Å². The minimum absolute atomic E-state index is 0.0555. The van der Waals surface area contributed by atoms with Crippen LogP contribution in [0.25, 0.3) is 0 Å². The molecular formula is C20H20FN3O3. The van der Waals surface area contributed by atoms with E-state index >= 15 is 0 Å². The van der Waals surface area contributed by atoms with Crippen LogP contribution in [0.3, 0.4) is 0 Å². The van der Waals surface area contributed by atoms with Gasteiger partial charge in [-0.1, -0.05) is 18.2 Å². The fraction of sp³-hybridized carbons (Fsp3) is 0.250. The van der Waals surface area contributed by atoms with Crippen LogP contribution in [-0.4, -0.2) is 30.8 Å². The van der Waals surface area contributed by atoms with Crippen LogP contribution in [-0.2, 0) is 16.1 Å². The smallest absolute Gasteiger partial charge is 0.251 e. The van der Waals surface area contributed by atoms with Gasteiger partial charge in [-0.25, -0.2) is 4.39 Å². The van der Waals surface area contributed by atoms with Crippen LogP contribution in [0.5, 0.6) is 0 Å². The van der Waals surface area contributed by atoms with Crippen molar-refractivity contribution in [2.75, 3.05) is 18.0 Å². The molecule has 2 N–H and O–H groups in total. The quantitative estimate of drug-likeness (QED) is 0.818. The normalized spacial score (nSPS) is 13.5. The minimum atomic E-state index is -0.411. The number of rotatable bonds is 6. The summed E-state index contributed by atoms with van der Waals surface area (Å²) in [6.07, 6.45) is 1.38. The Bertz CT molecular complexity index is 852. The molecular weight excluding hydrogens is 349 g/mol. The van der Waals surface area contributed by atoms with Crippen LogP contribution >= 0.6 is 0 Å². The maximum absolute atomic E-state index is 13.5. The largest absolute Gasteiger partial charge is 0.350 e.